The topological polar surface area (TPSA) is 74.6 Å². The van der Waals surface area contributed by atoms with Gasteiger partial charge in [-0.15, -0.1) is 0 Å². The van der Waals surface area contributed by atoms with Gasteiger partial charge in [-0.05, 0) is 30.3 Å². The van der Waals surface area contributed by atoms with Crippen LogP contribution in [0.4, 0.5) is 0 Å². The molecule has 0 aliphatic heterocycles. The first-order valence-corrected chi connectivity index (χ1v) is 5.54. The molecule has 0 aliphatic carbocycles. The van der Waals surface area contributed by atoms with E-state index in [-0.39, 0.29) is 5.41 Å². The molecular weight excluding hydrogens is 208 g/mol. The Kier molecular flexibility index (Phi) is 5.21. The van der Waals surface area contributed by atoms with Gasteiger partial charge in [0.1, 0.15) is 5.57 Å². The highest BCUT2D eigenvalue weighted by Gasteiger charge is 2.32. The molecule has 0 saturated heterocycles. The maximum atomic E-state index is 11.0. The van der Waals surface area contributed by atoms with Crippen LogP contribution in [0.15, 0.2) is 11.1 Å². The number of aliphatic carboxylic acids is 2. The Hall–Kier alpha value is -1.32. The lowest BCUT2D eigenvalue weighted by molar-refractivity contribution is -0.140. The summed E-state index contributed by atoms with van der Waals surface area (Å²) >= 11 is 0. The van der Waals surface area contributed by atoms with Crippen LogP contribution < -0.4 is 0 Å². The molecule has 0 aromatic carbocycles. The first-order chi connectivity index (χ1) is 7.33. The Morgan fingerprint density at radius 3 is 1.56 bits per heavy atom. The van der Waals surface area contributed by atoms with E-state index in [9.17, 15) is 9.59 Å². The Morgan fingerprint density at radius 1 is 1.00 bits per heavy atom. The molecule has 92 valence electrons. The number of carbonyl (C=O) groups is 2. The predicted molar refractivity (Wildman–Crippen MR) is 61.3 cm³/mol. The van der Waals surface area contributed by atoms with Crippen molar-refractivity contribution < 1.29 is 19.8 Å². The number of allylic oxidation sites excluding steroid dienone is 1. The molecule has 4 heteroatoms. The van der Waals surface area contributed by atoms with Crippen molar-refractivity contribution in [3.63, 3.8) is 0 Å². The van der Waals surface area contributed by atoms with Crippen LogP contribution in [0.2, 0.25) is 0 Å². The van der Waals surface area contributed by atoms with E-state index >= 15 is 0 Å². The first-order valence-electron chi connectivity index (χ1n) is 5.54. The van der Waals surface area contributed by atoms with Gasteiger partial charge in [-0.1, -0.05) is 27.7 Å². The van der Waals surface area contributed by atoms with E-state index in [1.54, 1.807) is 6.92 Å². The molecule has 0 saturated carbocycles. The van der Waals surface area contributed by atoms with Gasteiger partial charge in [0.15, 0.2) is 0 Å². The minimum Gasteiger partial charge on any atom is -0.477 e. The van der Waals surface area contributed by atoms with Crippen LogP contribution in [0.3, 0.4) is 0 Å². The van der Waals surface area contributed by atoms with Crippen molar-refractivity contribution >= 4 is 11.9 Å². The highest BCUT2D eigenvalue weighted by molar-refractivity contribution is 6.13. The third-order valence-electron chi connectivity index (χ3n) is 3.37. The molecule has 0 atom stereocenters. The van der Waals surface area contributed by atoms with E-state index in [2.05, 4.69) is 0 Å². The van der Waals surface area contributed by atoms with Gasteiger partial charge < -0.3 is 10.2 Å². The van der Waals surface area contributed by atoms with Gasteiger partial charge in [-0.25, -0.2) is 9.59 Å². The van der Waals surface area contributed by atoms with Gasteiger partial charge in [-0.3, -0.25) is 0 Å². The lowest BCUT2D eigenvalue weighted by Crippen LogP contribution is -2.24. The van der Waals surface area contributed by atoms with Gasteiger partial charge >= 0.3 is 11.9 Å². The van der Waals surface area contributed by atoms with Crippen LogP contribution >= 0.6 is 0 Å². The number of carboxylic acids is 2. The lowest BCUT2D eigenvalue weighted by atomic mass is 9.74. The quantitative estimate of drug-likeness (QED) is 0.416. The molecule has 4 nitrogen and oxygen atoms in total. The molecule has 2 N–H and O–H groups in total. The van der Waals surface area contributed by atoms with Gasteiger partial charge in [0, 0.05) is 0 Å². The minimum atomic E-state index is -1.35. The summed E-state index contributed by atoms with van der Waals surface area (Å²) in [5, 5.41) is 17.9. The van der Waals surface area contributed by atoms with E-state index in [0.717, 1.165) is 12.8 Å². The average molecular weight is 228 g/mol. The van der Waals surface area contributed by atoms with E-state index in [4.69, 9.17) is 10.2 Å². The monoisotopic (exact) mass is 228 g/mol. The van der Waals surface area contributed by atoms with Gasteiger partial charge in [0.2, 0.25) is 0 Å². The summed E-state index contributed by atoms with van der Waals surface area (Å²) in [5.41, 5.74) is -0.285. The standard InChI is InChI=1S/C12H20O4/c1-5-8(12(4,6-2)7-3)9(10(13)14)11(15)16/h5-7H2,1-4H3,(H,13,14)(H,15,16). The van der Waals surface area contributed by atoms with E-state index in [1.165, 1.54) is 0 Å². The third kappa shape index (κ3) is 2.84. The molecule has 0 amide bonds. The van der Waals surface area contributed by atoms with E-state index < -0.39 is 17.5 Å². The molecule has 0 heterocycles. The second kappa shape index (κ2) is 5.68. The third-order valence-corrected chi connectivity index (χ3v) is 3.37. The largest absolute Gasteiger partial charge is 0.477 e. The fourth-order valence-corrected chi connectivity index (χ4v) is 1.93. The van der Waals surface area contributed by atoms with Gasteiger partial charge in [-0.2, -0.15) is 0 Å². The highest BCUT2D eigenvalue weighted by atomic mass is 16.4. The molecule has 0 rings (SSSR count). The van der Waals surface area contributed by atoms with Crippen LogP contribution in [0, 0.1) is 5.41 Å². The second-order valence-corrected chi connectivity index (χ2v) is 4.09. The van der Waals surface area contributed by atoms with Crippen molar-refractivity contribution in [3.05, 3.63) is 11.1 Å². The molecular formula is C12H20O4. The number of rotatable bonds is 6. The molecule has 0 aliphatic rings. The van der Waals surface area contributed by atoms with Crippen molar-refractivity contribution in [1.82, 2.24) is 0 Å². The summed E-state index contributed by atoms with van der Waals surface area (Å²) < 4.78 is 0. The van der Waals surface area contributed by atoms with E-state index in [1.807, 2.05) is 20.8 Å². The molecule has 0 aromatic rings. The van der Waals surface area contributed by atoms with Crippen LogP contribution in [-0.2, 0) is 9.59 Å². The van der Waals surface area contributed by atoms with Gasteiger partial charge in [0.05, 0.1) is 0 Å². The van der Waals surface area contributed by atoms with Crippen LogP contribution in [0.25, 0.3) is 0 Å². The Bertz CT molecular complexity index is 295. The van der Waals surface area contributed by atoms with E-state index in [0.29, 0.717) is 12.0 Å². The molecule has 0 fully saturated rings. The molecule has 0 aromatic heterocycles. The number of hydrogen-bond donors (Lipinski definition) is 2. The number of hydrogen-bond acceptors (Lipinski definition) is 2. The smallest absolute Gasteiger partial charge is 0.343 e. The van der Waals surface area contributed by atoms with Crippen molar-refractivity contribution in [2.45, 2.75) is 47.0 Å². The predicted octanol–water partition coefficient (Wildman–Crippen LogP) is 2.69. The van der Waals surface area contributed by atoms with Crippen LogP contribution in [0.1, 0.15) is 47.0 Å². The maximum absolute atomic E-state index is 11.0. The van der Waals surface area contributed by atoms with Crippen LogP contribution in [-0.4, -0.2) is 22.2 Å². The Morgan fingerprint density at radius 2 is 1.38 bits per heavy atom. The zero-order valence-electron chi connectivity index (χ0n) is 10.3. The molecule has 0 radical (unpaired) electrons. The molecule has 0 bridgehead atoms. The summed E-state index contributed by atoms with van der Waals surface area (Å²) in [7, 11) is 0. The Labute approximate surface area is 96.0 Å². The fourth-order valence-electron chi connectivity index (χ4n) is 1.93. The lowest BCUT2D eigenvalue weighted by Gasteiger charge is -2.30. The SMILES string of the molecule is CCC(=C(C(=O)O)C(=O)O)C(C)(CC)CC. The van der Waals surface area contributed by atoms with Crippen molar-refractivity contribution in [3.8, 4) is 0 Å². The summed E-state index contributed by atoms with van der Waals surface area (Å²) in [6.07, 6.45) is 1.92. The summed E-state index contributed by atoms with van der Waals surface area (Å²) in [6.45, 7) is 7.60. The first kappa shape index (κ1) is 14.7. The highest BCUT2D eigenvalue weighted by Crippen LogP contribution is 2.38. The van der Waals surface area contributed by atoms with Crippen molar-refractivity contribution in [2.24, 2.45) is 5.41 Å². The summed E-state index contributed by atoms with van der Waals surface area (Å²) in [4.78, 5) is 22.0. The summed E-state index contributed by atoms with van der Waals surface area (Å²) in [5.74, 6) is -2.70. The van der Waals surface area contributed by atoms with Crippen LogP contribution in [0.5, 0.6) is 0 Å². The summed E-state index contributed by atoms with van der Waals surface area (Å²) in [6, 6.07) is 0. The zero-order valence-corrected chi connectivity index (χ0v) is 10.3. The minimum absolute atomic E-state index is 0.346. The molecule has 16 heavy (non-hydrogen) atoms. The Balaban J connectivity index is 5.77. The van der Waals surface area contributed by atoms with Crippen molar-refractivity contribution in [1.29, 1.82) is 0 Å². The van der Waals surface area contributed by atoms with Crippen molar-refractivity contribution in [2.75, 3.05) is 0 Å². The average Bonchev–Trinajstić information content (AvgIpc) is 2.23. The van der Waals surface area contributed by atoms with Gasteiger partial charge in [0.25, 0.3) is 0 Å². The molecule has 0 spiro atoms. The second-order valence-electron chi connectivity index (χ2n) is 4.09. The molecule has 0 unspecified atom stereocenters. The maximum Gasteiger partial charge on any atom is 0.343 e. The zero-order chi connectivity index (χ0) is 12.9. The normalized spacial score (nSPS) is 11.0. The number of carboxylic acid groups (broad SMARTS) is 2. The fraction of sp³-hybridized carbons (Fsp3) is 0.667.